The quantitative estimate of drug-likeness (QED) is 0.733. The summed E-state index contributed by atoms with van der Waals surface area (Å²) in [5.41, 5.74) is 0.948. The minimum absolute atomic E-state index is 0.320. The van der Waals surface area contributed by atoms with Crippen LogP contribution >= 0.6 is 27.5 Å². The molecule has 17 heavy (non-hydrogen) atoms. The highest BCUT2D eigenvalue weighted by Crippen LogP contribution is 2.34. The average Bonchev–Trinajstić information content (AvgIpc) is 2.65. The molecule has 3 nitrogen and oxygen atoms in total. The molecule has 0 radical (unpaired) electrons. The van der Waals surface area contributed by atoms with Gasteiger partial charge in [-0.25, -0.2) is 4.98 Å². The maximum absolute atomic E-state index is 5.89. The molecule has 0 atom stereocenters. The zero-order chi connectivity index (χ0) is 11.8. The lowest BCUT2D eigenvalue weighted by molar-refractivity contribution is 0.356. The Hall–Kier alpha value is -0.610. The molecule has 0 unspecified atom stereocenters. The van der Waals surface area contributed by atoms with Crippen LogP contribution in [0.15, 0.2) is 16.9 Å². The van der Waals surface area contributed by atoms with Gasteiger partial charge in [-0.3, -0.25) is 0 Å². The van der Waals surface area contributed by atoms with Crippen molar-refractivity contribution in [3.05, 3.63) is 22.1 Å². The highest BCUT2D eigenvalue weighted by atomic mass is 79.9. The van der Waals surface area contributed by atoms with E-state index in [9.17, 15) is 0 Å². The van der Waals surface area contributed by atoms with Crippen LogP contribution < -0.4 is 0 Å². The summed E-state index contributed by atoms with van der Waals surface area (Å²) in [6.45, 7) is 0. The van der Waals surface area contributed by atoms with Crippen LogP contribution in [-0.2, 0) is 0 Å². The molecule has 0 N–H and O–H groups in total. The van der Waals surface area contributed by atoms with Crippen LogP contribution in [0.25, 0.3) is 11.0 Å². The number of aromatic nitrogens is 3. The number of halogens is 2. The van der Waals surface area contributed by atoms with Crippen LogP contribution in [0, 0.1) is 0 Å². The Morgan fingerprint density at radius 1 is 1.29 bits per heavy atom. The van der Waals surface area contributed by atoms with E-state index in [0.29, 0.717) is 11.3 Å². The van der Waals surface area contributed by atoms with E-state index in [1.807, 2.05) is 0 Å². The first-order chi connectivity index (χ1) is 8.25. The van der Waals surface area contributed by atoms with Crippen LogP contribution in [-0.4, -0.2) is 14.5 Å². The number of rotatable bonds is 1. The number of nitrogens with zero attached hydrogens (tertiary/aromatic N) is 3. The van der Waals surface area contributed by atoms with Gasteiger partial charge in [0.2, 0.25) is 5.28 Å². The molecule has 5 heteroatoms. The van der Waals surface area contributed by atoms with Crippen LogP contribution in [0.5, 0.6) is 0 Å². The van der Waals surface area contributed by atoms with Gasteiger partial charge in [0.25, 0.3) is 0 Å². The van der Waals surface area contributed by atoms with Gasteiger partial charge in [0, 0.05) is 17.6 Å². The van der Waals surface area contributed by atoms with Crippen molar-refractivity contribution in [1.29, 1.82) is 0 Å². The standard InChI is InChI=1S/C12H13BrClN3/c13-10-6-8-7-15-12(14)16-11(8)17(10)9-4-2-1-3-5-9/h6-7,9H,1-5H2. The summed E-state index contributed by atoms with van der Waals surface area (Å²) in [5.74, 6) is 0. The minimum atomic E-state index is 0.320. The SMILES string of the molecule is Clc1ncc2cc(Br)n(C3CCCCC3)c2n1. The predicted octanol–water partition coefficient (Wildman–Crippen LogP) is 4.35. The van der Waals surface area contributed by atoms with Gasteiger partial charge in [0.1, 0.15) is 5.65 Å². The van der Waals surface area contributed by atoms with E-state index in [0.717, 1.165) is 15.6 Å². The van der Waals surface area contributed by atoms with Crippen LogP contribution in [0.2, 0.25) is 5.28 Å². The lowest BCUT2D eigenvalue weighted by Gasteiger charge is -2.24. The zero-order valence-electron chi connectivity index (χ0n) is 9.37. The molecule has 1 saturated carbocycles. The van der Waals surface area contributed by atoms with Crippen molar-refractivity contribution in [3.63, 3.8) is 0 Å². The molecule has 0 aromatic carbocycles. The normalized spacial score (nSPS) is 17.8. The van der Waals surface area contributed by atoms with Crippen molar-refractivity contribution < 1.29 is 0 Å². The minimum Gasteiger partial charge on any atom is -0.317 e. The lowest BCUT2D eigenvalue weighted by Crippen LogP contribution is -2.13. The second-order valence-corrected chi connectivity index (χ2v) is 5.70. The Balaban J connectivity index is 2.13. The topological polar surface area (TPSA) is 30.7 Å². The third-order valence-corrected chi connectivity index (χ3v) is 4.23. The predicted molar refractivity (Wildman–Crippen MR) is 72.4 cm³/mol. The summed E-state index contributed by atoms with van der Waals surface area (Å²) in [7, 11) is 0. The monoisotopic (exact) mass is 313 g/mol. The van der Waals surface area contributed by atoms with Crippen molar-refractivity contribution in [2.75, 3.05) is 0 Å². The molecule has 2 heterocycles. The number of fused-ring (bicyclic) bond motifs is 1. The largest absolute Gasteiger partial charge is 0.317 e. The molecule has 0 aliphatic heterocycles. The average molecular weight is 315 g/mol. The van der Waals surface area contributed by atoms with Gasteiger partial charge in [0.05, 0.1) is 4.60 Å². The van der Waals surface area contributed by atoms with Crippen molar-refractivity contribution in [2.24, 2.45) is 0 Å². The first-order valence-corrected chi connectivity index (χ1v) is 7.12. The molecule has 3 rings (SSSR count). The summed E-state index contributed by atoms with van der Waals surface area (Å²) in [6.07, 6.45) is 8.19. The summed E-state index contributed by atoms with van der Waals surface area (Å²) in [6, 6.07) is 2.61. The van der Waals surface area contributed by atoms with Crippen LogP contribution in [0.4, 0.5) is 0 Å². The fourth-order valence-corrected chi connectivity index (χ4v) is 3.47. The second kappa shape index (κ2) is 4.58. The Labute approximate surface area is 113 Å². The maximum Gasteiger partial charge on any atom is 0.224 e. The molecular weight excluding hydrogens is 302 g/mol. The zero-order valence-corrected chi connectivity index (χ0v) is 11.7. The molecule has 1 aliphatic carbocycles. The van der Waals surface area contributed by atoms with Crippen molar-refractivity contribution in [1.82, 2.24) is 14.5 Å². The van der Waals surface area contributed by atoms with Crippen LogP contribution in [0.1, 0.15) is 38.1 Å². The summed E-state index contributed by atoms with van der Waals surface area (Å²) in [5, 5.41) is 1.37. The molecule has 2 aromatic rings. The molecule has 2 aromatic heterocycles. The highest BCUT2D eigenvalue weighted by molar-refractivity contribution is 9.10. The van der Waals surface area contributed by atoms with Gasteiger partial charge in [0.15, 0.2) is 0 Å². The first-order valence-electron chi connectivity index (χ1n) is 5.94. The van der Waals surface area contributed by atoms with E-state index >= 15 is 0 Å². The van der Waals surface area contributed by atoms with Gasteiger partial charge in [-0.2, -0.15) is 4.98 Å². The summed E-state index contributed by atoms with van der Waals surface area (Å²) in [4.78, 5) is 8.39. The van der Waals surface area contributed by atoms with Crippen LogP contribution in [0.3, 0.4) is 0 Å². The molecule has 0 spiro atoms. The number of hydrogen-bond acceptors (Lipinski definition) is 2. The van der Waals surface area contributed by atoms with E-state index in [1.54, 1.807) is 6.20 Å². The van der Waals surface area contributed by atoms with Gasteiger partial charge >= 0.3 is 0 Å². The molecular formula is C12H13BrClN3. The van der Waals surface area contributed by atoms with E-state index in [-0.39, 0.29) is 0 Å². The fraction of sp³-hybridized carbons (Fsp3) is 0.500. The van der Waals surface area contributed by atoms with Crippen molar-refractivity contribution in [2.45, 2.75) is 38.1 Å². The van der Waals surface area contributed by atoms with Gasteiger partial charge in [-0.15, -0.1) is 0 Å². The molecule has 1 aliphatic rings. The third kappa shape index (κ3) is 2.08. The Morgan fingerprint density at radius 3 is 2.82 bits per heavy atom. The fourth-order valence-electron chi connectivity index (χ4n) is 2.64. The van der Waals surface area contributed by atoms with E-state index < -0.39 is 0 Å². The molecule has 90 valence electrons. The Kier molecular flexibility index (Phi) is 3.09. The molecule has 0 bridgehead atoms. The van der Waals surface area contributed by atoms with Crippen molar-refractivity contribution >= 4 is 38.6 Å². The Morgan fingerprint density at radius 2 is 2.06 bits per heavy atom. The van der Waals surface area contributed by atoms with Gasteiger partial charge < -0.3 is 4.57 Å². The number of hydrogen-bond donors (Lipinski definition) is 0. The molecule has 0 saturated heterocycles. The lowest BCUT2D eigenvalue weighted by atomic mass is 9.95. The van der Waals surface area contributed by atoms with Gasteiger partial charge in [-0.05, 0) is 46.4 Å². The van der Waals surface area contributed by atoms with E-state index in [1.165, 1.54) is 32.1 Å². The van der Waals surface area contributed by atoms with Crippen molar-refractivity contribution in [3.8, 4) is 0 Å². The maximum atomic E-state index is 5.89. The van der Waals surface area contributed by atoms with E-state index in [2.05, 4.69) is 36.5 Å². The smallest absolute Gasteiger partial charge is 0.224 e. The molecule has 0 amide bonds. The highest BCUT2D eigenvalue weighted by Gasteiger charge is 2.20. The first kappa shape index (κ1) is 11.5. The summed E-state index contributed by atoms with van der Waals surface area (Å²) < 4.78 is 3.35. The second-order valence-electron chi connectivity index (χ2n) is 4.55. The summed E-state index contributed by atoms with van der Waals surface area (Å²) >= 11 is 9.51. The molecule has 1 fully saturated rings. The van der Waals surface area contributed by atoms with E-state index in [4.69, 9.17) is 11.6 Å². The third-order valence-electron chi connectivity index (χ3n) is 3.44. The van der Waals surface area contributed by atoms with Gasteiger partial charge in [-0.1, -0.05) is 19.3 Å². The Bertz CT molecular complexity index is 546.